The molecule has 7 nitrogen and oxygen atoms in total. The zero-order valence-electron chi connectivity index (χ0n) is 14.8. The second-order valence-electron chi connectivity index (χ2n) is 7.16. The number of hydrogen-bond acceptors (Lipinski definition) is 6. The average Bonchev–Trinajstić information content (AvgIpc) is 3.22. The molecule has 1 aromatic heterocycles. The van der Waals surface area contributed by atoms with Crippen LogP contribution in [0.2, 0.25) is 0 Å². The molecule has 2 bridgehead atoms. The molecule has 1 aromatic rings. The minimum absolute atomic E-state index is 0.127. The van der Waals surface area contributed by atoms with Crippen molar-refractivity contribution < 1.29 is 14.4 Å². The molecule has 1 saturated heterocycles. The number of amides is 3. The summed E-state index contributed by atoms with van der Waals surface area (Å²) < 4.78 is 0. The molecule has 138 valence electrons. The molecule has 5 atom stereocenters. The SMILES string of the molecule is CCc1nnc(NC(=O)[C@H](CC)N2C(=O)[C@@H]3[C@@H](C2=O)[C@H]2C=C[C@H]3CC2)s1. The topological polar surface area (TPSA) is 92.3 Å². The van der Waals surface area contributed by atoms with Gasteiger partial charge in [-0.15, -0.1) is 10.2 Å². The molecule has 8 heteroatoms. The highest BCUT2D eigenvalue weighted by atomic mass is 32.1. The largest absolute Gasteiger partial charge is 0.299 e. The Hall–Kier alpha value is -2.09. The molecule has 0 spiro atoms. The standard InChI is InChI=1S/C18H22N4O3S/c1-3-11(15(23)19-18-21-20-12(4-2)26-18)22-16(24)13-9-5-6-10(8-7-9)14(13)17(22)25/h5-6,9-11,13-14H,3-4,7-8H2,1-2H3,(H,19,21,23)/t9-,10-,11-,13-,14-/m0/s1. The van der Waals surface area contributed by atoms with E-state index in [1.165, 1.54) is 16.2 Å². The van der Waals surface area contributed by atoms with Gasteiger partial charge in [0.05, 0.1) is 11.8 Å². The number of fused-ring (bicyclic) bond motifs is 1. The summed E-state index contributed by atoms with van der Waals surface area (Å²) in [6, 6.07) is -0.797. The molecule has 3 amide bonds. The number of carbonyl (C=O) groups excluding carboxylic acids is 3. The lowest BCUT2D eigenvalue weighted by Gasteiger charge is -2.38. The van der Waals surface area contributed by atoms with Crippen LogP contribution in [0, 0.1) is 23.7 Å². The monoisotopic (exact) mass is 374 g/mol. The number of aryl methyl sites for hydroxylation is 1. The van der Waals surface area contributed by atoms with Gasteiger partial charge < -0.3 is 0 Å². The fourth-order valence-corrected chi connectivity index (χ4v) is 5.21. The third-order valence-corrected chi connectivity index (χ3v) is 6.78. The van der Waals surface area contributed by atoms with Gasteiger partial charge in [0.1, 0.15) is 11.0 Å². The Kier molecular flexibility index (Phi) is 4.38. The summed E-state index contributed by atoms with van der Waals surface area (Å²) in [6.45, 7) is 3.78. The van der Waals surface area contributed by atoms with E-state index in [0.29, 0.717) is 11.6 Å². The van der Waals surface area contributed by atoms with Gasteiger partial charge in [0.2, 0.25) is 22.9 Å². The van der Waals surface area contributed by atoms with Crippen LogP contribution in [0.15, 0.2) is 12.2 Å². The highest BCUT2D eigenvalue weighted by Crippen LogP contribution is 2.50. The van der Waals surface area contributed by atoms with E-state index in [1.54, 1.807) is 0 Å². The summed E-state index contributed by atoms with van der Waals surface area (Å²) in [7, 11) is 0. The summed E-state index contributed by atoms with van der Waals surface area (Å²) in [6.07, 6.45) is 7.18. The van der Waals surface area contributed by atoms with Crippen LogP contribution >= 0.6 is 11.3 Å². The van der Waals surface area contributed by atoms with Crippen LogP contribution in [0.1, 0.15) is 38.1 Å². The summed E-state index contributed by atoms with van der Waals surface area (Å²) in [5, 5.41) is 11.9. The lowest BCUT2D eigenvalue weighted by Crippen LogP contribution is -2.47. The van der Waals surface area contributed by atoms with Gasteiger partial charge in [-0.25, -0.2) is 0 Å². The molecule has 2 fully saturated rings. The van der Waals surface area contributed by atoms with Gasteiger partial charge in [0.15, 0.2) is 0 Å². The fourth-order valence-electron chi connectivity index (χ4n) is 4.53. The molecule has 1 saturated carbocycles. The van der Waals surface area contributed by atoms with E-state index in [0.717, 1.165) is 24.3 Å². The van der Waals surface area contributed by atoms with E-state index in [4.69, 9.17) is 0 Å². The van der Waals surface area contributed by atoms with E-state index in [2.05, 4.69) is 27.7 Å². The van der Waals surface area contributed by atoms with Gasteiger partial charge in [0.25, 0.3) is 0 Å². The highest BCUT2D eigenvalue weighted by molar-refractivity contribution is 7.15. The van der Waals surface area contributed by atoms with Crippen LogP contribution in [0.25, 0.3) is 0 Å². The molecule has 1 aliphatic heterocycles. The van der Waals surface area contributed by atoms with E-state index >= 15 is 0 Å². The molecule has 4 aliphatic rings. The zero-order valence-corrected chi connectivity index (χ0v) is 15.7. The minimum Gasteiger partial charge on any atom is -0.299 e. The first-order chi connectivity index (χ1) is 12.5. The molecule has 26 heavy (non-hydrogen) atoms. The first-order valence-electron chi connectivity index (χ1n) is 9.23. The average molecular weight is 374 g/mol. The normalized spacial score (nSPS) is 30.6. The van der Waals surface area contributed by atoms with Crippen molar-refractivity contribution in [3.05, 3.63) is 17.2 Å². The summed E-state index contributed by atoms with van der Waals surface area (Å²) >= 11 is 1.31. The Labute approximate surface area is 155 Å². The molecular formula is C18H22N4O3S. The second-order valence-corrected chi connectivity index (χ2v) is 8.22. The van der Waals surface area contributed by atoms with Crippen molar-refractivity contribution in [2.75, 3.05) is 5.32 Å². The Morgan fingerprint density at radius 2 is 1.81 bits per heavy atom. The number of aromatic nitrogens is 2. The van der Waals surface area contributed by atoms with Gasteiger partial charge in [-0.1, -0.05) is 37.3 Å². The molecule has 2 heterocycles. The predicted molar refractivity (Wildman–Crippen MR) is 96.2 cm³/mol. The number of nitrogens with zero attached hydrogens (tertiary/aromatic N) is 3. The fraction of sp³-hybridized carbons (Fsp3) is 0.611. The van der Waals surface area contributed by atoms with Gasteiger partial charge in [-0.05, 0) is 37.5 Å². The maximum Gasteiger partial charge on any atom is 0.249 e. The van der Waals surface area contributed by atoms with Crippen molar-refractivity contribution in [2.45, 2.75) is 45.6 Å². The van der Waals surface area contributed by atoms with Crippen LogP contribution in [-0.2, 0) is 20.8 Å². The zero-order chi connectivity index (χ0) is 18.4. The first-order valence-corrected chi connectivity index (χ1v) is 10.0. The number of nitrogens with one attached hydrogen (secondary N) is 1. The van der Waals surface area contributed by atoms with E-state index in [9.17, 15) is 14.4 Å². The van der Waals surface area contributed by atoms with Crippen LogP contribution in [0.5, 0.6) is 0 Å². The molecule has 0 radical (unpaired) electrons. The summed E-state index contributed by atoms with van der Waals surface area (Å²) in [5.41, 5.74) is 0. The van der Waals surface area contributed by atoms with Crippen molar-refractivity contribution in [3.63, 3.8) is 0 Å². The van der Waals surface area contributed by atoms with Crippen molar-refractivity contribution in [3.8, 4) is 0 Å². The van der Waals surface area contributed by atoms with E-state index < -0.39 is 6.04 Å². The molecule has 0 aromatic carbocycles. The van der Waals surface area contributed by atoms with Crippen LogP contribution in [0.3, 0.4) is 0 Å². The molecule has 3 aliphatic carbocycles. The van der Waals surface area contributed by atoms with Crippen molar-refractivity contribution in [1.29, 1.82) is 0 Å². The maximum absolute atomic E-state index is 13.0. The van der Waals surface area contributed by atoms with E-state index in [-0.39, 0.29) is 41.4 Å². The number of anilines is 1. The first kappa shape index (κ1) is 17.3. The van der Waals surface area contributed by atoms with Crippen molar-refractivity contribution in [2.24, 2.45) is 23.7 Å². The maximum atomic E-state index is 13.0. The molecular weight excluding hydrogens is 352 g/mol. The van der Waals surface area contributed by atoms with Gasteiger partial charge >= 0.3 is 0 Å². The van der Waals surface area contributed by atoms with Crippen molar-refractivity contribution in [1.82, 2.24) is 15.1 Å². The lowest BCUT2D eigenvalue weighted by atomic mass is 9.63. The number of imide groups is 1. The Morgan fingerprint density at radius 3 is 2.27 bits per heavy atom. The van der Waals surface area contributed by atoms with Crippen LogP contribution < -0.4 is 5.32 Å². The Balaban J connectivity index is 1.55. The third kappa shape index (κ3) is 2.58. The summed E-state index contributed by atoms with van der Waals surface area (Å²) in [5.74, 6) is -1.07. The van der Waals surface area contributed by atoms with Gasteiger partial charge in [-0.2, -0.15) is 0 Å². The van der Waals surface area contributed by atoms with Crippen LogP contribution in [0.4, 0.5) is 5.13 Å². The minimum atomic E-state index is -0.797. The lowest BCUT2D eigenvalue weighted by molar-refractivity contribution is -0.146. The second kappa shape index (κ2) is 6.57. The summed E-state index contributed by atoms with van der Waals surface area (Å²) in [4.78, 5) is 40.0. The Bertz CT molecular complexity index is 757. The smallest absolute Gasteiger partial charge is 0.249 e. The van der Waals surface area contributed by atoms with Crippen molar-refractivity contribution >= 4 is 34.2 Å². The Morgan fingerprint density at radius 1 is 1.19 bits per heavy atom. The van der Waals surface area contributed by atoms with E-state index in [1.807, 2.05) is 13.8 Å². The highest BCUT2D eigenvalue weighted by Gasteiger charge is 2.58. The third-order valence-electron chi connectivity index (χ3n) is 5.79. The van der Waals surface area contributed by atoms with Gasteiger partial charge in [-0.3, -0.25) is 24.6 Å². The number of likely N-dealkylation sites (tertiary alicyclic amines) is 1. The van der Waals surface area contributed by atoms with Gasteiger partial charge in [0, 0.05) is 0 Å². The number of allylic oxidation sites excluding steroid dienone is 2. The number of rotatable bonds is 5. The quantitative estimate of drug-likeness (QED) is 0.629. The predicted octanol–water partition coefficient (Wildman–Crippen LogP) is 2.01. The van der Waals surface area contributed by atoms with Crippen LogP contribution in [-0.4, -0.2) is 38.9 Å². The molecule has 1 N–H and O–H groups in total. The molecule has 0 unspecified atom stereocenters. The molecule has 5 rings (SSSR count). The number of hydrogen-bond donors (Lipinski definition) is 1. The number of carbonyl (C=O) groups is 3.